The van der Waals surface area contributed by atoms with Crippen LogP contribution in [0.3, 0.4) is 0 Å². The summed E-state index contributed by atoms with van der Waals surface area (Å²) in [4.78, 5) is 2.54. The Kier molecular flexibility index (Phi) is 1.86. The summed E-state index contributed by atoms with van der Waals surface area (Å²) in [5, 5.41) is 3.60. The second-order valence-corrected chi connectivity index (χ2v) is 4.57. The molecule has 13 heavy (non-hydrogen) atoms. The van der Waals surface area contributed by atoms with Crippen LogP contribution >= 0.6 is 0 Å². The van der Waals surface area contributed by atoms with Gasteiger partial charge in [-0.25, -0.2) is 0 Å². The monoisotopic (exact) mass is 182 g/mol. The van der Waals surface area contributed by atoms with E-state index < -0.39 is 0 Å². The number of rotatable bonds is 0. The maximum atomic E-state index is 5.99. The van der Waals surface area contributed by atoms with Crippen LogP contribution in [0.15, 0.2) is 0 Å². The molecule has 2 bridgehead atoms. The van der Waals surface area contributed by atoms with Gasteiger partial charge in [0, 0.05) is 12.5 Å². The largest absolute Gasteiger partial charge is 0.359 e. The molecule has 1 N–H and O–H groups in total. The minimum absolute atomic E-state index is 0.0503. The number of nitrogens with one attached hydrogen (secondary N) is 1. The Bertz CT molecular complexity index is 193. The summed E-state index contributed by atoms with van der Waals surface area (Å²) in [6.07, 6.45) is 3.83. The molecule has 4 saturated heterocycles. The van der Waals surface area contributed by atoms with E-state index in [4.69, 9.17) is 4.74 Å². The van der Waals surface area contributed by atoms with Crippen molar-refractivity contribution in [3.8, 4) is 0 Å². The normalized spacial score (nSPS) is 49.8. The second kappa shape index (κ2) is 2.94. The molecule has 4 aliphatic rings. The number of hydrogen-bond acceptors (Lipinski definition) is 3. The fourth-order valence-electron chi connectivity index (χ4n) is 3.06. The quantitative estimate of drug-likeness (QED) is 0.587. The van der Waals surface area contributed by atoms with Gasteiger partial charge >= 0.3 is 0 Å². The first-order chi connectivity index (χ1) is 6.39. The van der Waals surface area contributed by atoms with E-state index >= 15 is 0 Å². The average Bonchev–Trinajstić information content (AvgIpc) is 2.20. The first kappa shape index (κ1) is 8.21. The van der Waals surface area contributed by atoms with Crippen molar-refractivity contribution in [1.29, 1.82) is 0 Å². The van der Waals surface area contributed by atoms with Crippen LogP contribution in [0.25, 0.3) is 0 Å². The summed E-state index contributed by atoms with van der Waals surface area (Å²) in [5.74, 6) is 0.776. The van der Waals surface area contributed by atoms with Gasteiger partial charge in [-0.3, -0.25) is 10.2 Å². The topological polar surface area (TPSA) is 24.5 Å². The summed E-state index contributed by atoms with van der Waals surface area (Å²) in [6.45, 7) is 5.80. The van der Waals surface area contributed by atoms with Gasteiger partial charge in [0.05, 0.1) is 6.61 Å². The molecule has 4 aliphatic heterocycles. The van der Waals surface area contributed by atoms with Crippen molar-refractivity contribution in [2.75, 3.05) is 32.8 Å². The number of fused-ring (bicyclic) bond motifs is 2. The third-order valence-corrected chi connectivity index (χ3v) is 3.81. The number of ether oxygens (including phenoxy) is 1. The Morgan fingerprint density at radius 1 is 1.31 bits per heavy atom. The molecular formula is C10H18N2O. The predicted octanol–water partition coefficient (Wildman–Crippen LogP) is 0.418. The van der Waals surface area contributed by atoms with E-state index in [-0.39, 0.29) is 5.72 Å². The zero-order valence-electron chi connectivity index (χ0n) is 8.09. The Labute approximate surface area is 79.4 Å². The standard InChI is InChI=1S/C10H18N2O/c1-4-11-10(13-7-1)8-12-5-2-9(10)3-6-12/h9,11H,1-8H2. The molecule has 0 aliphatic carbocycles. The third-order valence-electron chi connectivity index (χ3n) is 3.81. The van der Waals surface area contributed by atoms with Crippen molar-refractivity contribution in [2.24, 2.45) is 5.92 Å². The Balaban J connectivity index is 1.81. The Hall–Kier alpha value is -0.120. The maximum absolute atomic E-state index is 5.99. The number of piperidine rings is 3. The highest BCUT2D eigenvalue weighted by atomic mass is 16.5. The van der Waals surface area contributed by atoms with Gasteiger partial charge in [-0.05, 0) is 38.9 Å². The van der Waals surface area contributed by atoms with Crippen molar-refractivity contribution in [2.45, 2.75) is 25.0 Å². The van der Waals surface area contributed by atoms with Gasteiger partial charge in [0.2, 0.25) is 0 Å². The first-order valence-electron chi connectivity index (χ1n) is 5.50. The van der Waals surface area contributed by atoms with E-state index in [0.29, 0.717) is 0 Å². The molecule has 74 valence electrons. The van der Waals surface area contributed by atoms with Crippen LogP contribution in [0.1, 0.15) is 19.3 Å². The molecule has 3 heteroatoms. The molecule has 0 aromatic rings. The highest BCUT2D eigenvalue weighted by molar-refractivity contribution is 4.99. The van der Waals surface area contributed by atoms with Crippen LogP contribution in [0.5, 0.6) is 0 Å². The Morgan fingerprint density at radius 2 is 2.15 bits per heavy atom. The Morgan fingerprint density at radius 3 is 2.69 bits per heavy atom. The van der Waals surface area contributed by atoms with Gasteiger partial charge in [-0.15, -0.1) is 0 Å². The third kappa shape index (κ3) is 1.22. The van der Waals surface area contributed by atoms with Crippen molar-refractivity contribution >= 4 is 0 Å². The summed E-state index contributed by atoms with van der Waals surface area (Å²) < 4.78 is 5.99. The molecule has 1 atom stereocenters. The minimum Gasteiger partial charge on any atom is -0.359 e. The number of hydrogen-bond donors (Lipinski definition) is 1. The molecule has 0 aromatic heterocycles. The van der Waals surface area contributed by atoms with E-state index in [1.807, 2.05) is 0 Å². The van der Waals surface area contributed by atoms with E-state index in [9.17, 15) is 0 Å². The molecule has 0 radical (unpaired) electrons. The molecule has 4 heterocycles. The summed E-state index contributed by atoms with van der Waals surface area (Å²) >= 11 is 0. The van der Waals surface area contributed by atoms with Crippen LogP contribution in [-0.4, -0.2) is 43.4 Å². The highest BCUT2D eigenvalue weighted by Crippen LogP contribution is 2.37. The van der Waals surface area contributed by atoms with Crippen LogP contribution in [0.4, 0.5) is 0 Å². The van der Waals surface area contributed by atoms with Gasteiger partial charge in [0.25, 0.3) is 0 Å². The van der Waals surface area contributed by atoms with Gasteiger partial charge in [-0.1, -0.05) is 0 Å². The zero-order valence-corrected chi connectivity index (χ0v) is 8.09. The lowest BCUT2D eigenvalue weighted by molar-refractivity contribution is -0.187. The molecule has 4 fully saturated rings. The van der Waals surface area contributed by atoms with Crippen LogP contribution in [-0.2, 0) is 4.74 Å². The van der Waals surface area contributed by atoms with E-state index in [2.05, 4.69) is 10.2 Å². The summed E-state index contributed by atoms with van der Waals surface area (Å²) in [7, 11) is 0. The van der Waals surface area contributed by atoms with Crippen LogP contribution in [0, 0.1) is 5.92 Å². The fourth-order valence-corrected chi connectivity index (χ4v) is 3.06. The smallest absolute Gasteiger partial charge is 0.134 e. The summed E-state index contributed by atoms with van der Waals surface area (Å²) in [5.41, 5.74) is 0.0503. The van der Waals surface area contributed by atoms with E-state index in [1.54, 1.807) is 0 Å². The lowest BCUT2D eigenvalue weighted by Crippen LogP contribution is -2.68. The summed E-state index contributed by atoms with van der Waals surface area (Å²) in [6, 6.07) is 0. The van der Waals surface area contributed by atoms with E-state index in [1.165, 1.54) is 32.4 Å². The molecule has 0 amide bonds. The molecule has 1 spiro atoms. The zero-order chi connectivity index (χ0) is 8.73. The lowest BCUT2D eigenvalue weighted by Gasteiger charge is -2.54. The molecule has 1 unspecified atom stereocenters. The SMILES string of the molecule is C1CNC2(CN3CCC2CC3)OC1. The molecule has 3 nitrogen and oxygen atoms in total. The average molecular weight is 182 g/mol. The first-order valence-corrected chi connectivity index (χ1v) is 5.50. The van der Waals surface area contributed by atoms with Gasteiger partial charge < -0.3 is 4.74 Å². The van der Waals surface area contributed by atoms with Crippen LogP contribution in [0.2, 0.25) is 0 Å². The fraction of sp³-hybridized carbons (Fsp3) is 1.00. The van der Waals surface area contributed by atoms with Crippen molar-refractivity contribution in [3.05, 3.63) is 0 Å². The number of nitrogens with zero attached hydrogens (tertiary/aromatic N) is 1. The van der Waals surface area contributed by atoms with Gasteiger partial charge in [0.1, 0.15) is 5.72 Å². The molecule has 0 saturated carbocycles. The predicted molar refractivity (Wildman–Crippen MR) is 50.5 cm³/mol. The molecule has 4 rings (SSSR count). The lowest BCUT2D eigenvalue weighted by atomic mass is 9.80. The van der Waals surface area contributed by atoms with Crippen molar-refractivity contribution < 1.29 is 4.74 Å². The van der Waals surface area contributed by atoms with E-state index in [0.717, 1.165) is 25.6 Å². The van der Waals surface area contributed by atoms with Crippen LogP contribution < -0.4 is 5.32 Å². The minimum atomic E-state index is 0.0503. The molecular weight excluding hydrogens is 164 g/mol. The van der Waals surface area contributed by atoms with Gasteiger partial charge in [-0.2, -0.15) is 0 Å². The molecule has 0 aromatic carbocycles. The van der Waals surface area contributed by atoms with Crippen molar-refractivity contribution in [1.82, 2.24) is 10.2 Å². The second-order valence-electron chi connectivity index (χ2n) is 4.57. The van der Waals surface area contributed by atoms with Crippen molar-refractivity contribution in [3.63, 3.8) is 0 Å². The highest BCUT2D eigenvalue weighted by Gasteiger charge is 2.48. The van der Waals surface area contributed by atoms with Gasteiger partial charge in [0.15, 0.2) is 0 Å². The maximum Gasteiger partial charge on any atom is 0.134 e.